The van der Waals surface area contributed by atoms with Crippen molar-refractivity contribution in [3.05, 3.63) is 47.0 Å². The number of hydrogen-bond acceptors (Lipinski definition) is 6. The monoisotopic (exact) mass is 467 g/mol. The second kappa shape index (κ2) is 9.65. The largest absolute Gasteiger partial charge is 0.495 e. The van der Waals surface area contributed by atoms with Crippen LogP contribution < -0.4 is 15.4 Å². The van der Waals surface area contributed by atoms with Crippen molar-refractivity contribution in [3.63, 3.8) is 0 Å². The van der Waals surface area contributed by atoms with Crippen molar-refractivity contribution in [2.45, 2.75) is 11.8 Å². The summed E-state index contributed by atoms with van der Waals surface area (Å²) >= 11 is 6.19. The number of rotatable bonds is 6. The van der Waals surface area contributed by atoms with Crippen LogP contribution in [0.25, 0.3) is 0 Å². The maximum Gasteiger partial charge on any atom is 0.257 e. The van der Waals surface area contributed by atoms with Crippen molar-refractivity contribution < 1.29 is 27.5 Å². The second-order valence-corrected chi connectivity index (χ2v) is 9.05. The van der Waals surface area contributed by atoms with Crippen molar-refractivity contribution in [3.8, 4) is 5.75 Å². The summed E-state index contributed by atoms with van der Waals surface area (Å²) in [6.07, 6.45) is 0. The second-order valence-electron chi connectivity index (χ2n) is 6.71. The number of anilines is 2. The molecule has 0 radical (unpaired) electrons. The number of nitrogens with zero attached hydrogens (tertiary/aromatic N) is 1. The van der Waals surface area contributed by atoms with Gasteiger partial charge >= 0.3 is 0 Å². The van der Waals surface area contributed by atoms with Crippen molar-refractivity contribution in [2.24, 2.45) is 0 Å². The summed E-state index contributed by atoms with van der Waals surface area (Å²) in [6, 6.07) is 8.71. The van der Waals surface area contributed by atoms with E-state index in [1.54, 1.807) is 12.1 Å². The molecule has 0 aliphatic carbocycles. The smallest absolute Gasteiger partial charge is 0.257 e. The van der Waals surface area contributed by atoms with Gasteiger partial charge in [-0.2, -0.15) is 4.31 Å². The first-order valence-corrected chi connectivity index (χ1v) is 11.2. The van der Waals surface area contributed by atoms with Crippen LogP contribution in [0.5, 0.6) is 5.75 Å². The van der Waals surface area contributed by atoms with Gasteiger partial charge in [0.05, 0.1) is 41.5 Å². The number of hydrogen-bond donors (Lipinski definition) is 2. The number of amides is 2. The van der Waals surface area contributed by atoms with Gasteiger partial charge in [-0.15, -0.1) is 0 Å². The lowest BCUT2D eigenvalue weighted by atomic mass is 10.2. The highest BCUT2D eigenvalue weighted by Crippen LogP contribution is 2.30. The van der Waals surface area contributed by atoms with Gasteiger partial charge in [0.25, 0.3) is 5.91 Å². The number of morpholine rings is 1. The average Bonchev–Trinajstić information content (AvgIpc) is 2.74. The lowest BCUT2D eigenvalue weighted by molar-refractivity contribution is -0.114. The molecule has 1 heterocycles. The molecule has 9 nitrogen and oxygen atoms in total. The number of carbonyl (C=O) groups is 2. The molecule has 1 aliphatic rings. The number of halogens is 1. The zero-order valence-electron chi connectivity index (χ0n) is 17.0. The summed E-state index contributed by atoms with van der Waals surface area (Å²) in [4.78, 5) is 24.2. The van der Waals surface area contributed by atoms with E-state index in [0.717, 1.165) is 0 Å². The minimum absolute atomic E-state index is 0.0111. The number of ether oxygens (including phenoxy) is 2. The van der Waals surface area contributed by atoms with Crippen molar-refractivity contribution in [1.29, 1.82) is 0 Å². The van der Waals surface area contributed by atoms with Crippen LogP contribution in [-0.2, 0) is 19.6 Å². The van der Waals surface area contributed by atoms with Crippen molar-refractivity contribution in [2.75, 3.05) is 44.0 Å². The molecule has 11 heteroatoms. The molecule has 1 fully saturated rings. The Morgan fingerprint density at radius 3 is 2.45 bits per heavy atom. The van der Waals surface area contributed by atoms with Crippen molar-refractivity contribution >= 4 is 44.8 Å². The fraction of sp³-hybridized carbons (Fsp3) is 0.300. The highest BCUT2D eigenvalue weighted by Gasteiger charge is 2.27. The maximum absolute atomic E-state index is 12.9. The van der Waals surface area contributed by atoms with Gasteiger partial charge in [0, 0.05) is 25.7 Å². The van der Waals surface area contributed by atoms with Gasteiger partial charge in [-0.1, -0.05) is 11.6 Å². The summed E-state index contributed by atoms with van der Waals surface area (Å²) in [5, 5.41) is 5.37. The minimum atomic E-state index is -3.80. The van der Waals surface area contributed by atoms with Crippen LogP contribution in [0.15, 0.2) is 41.3 Å². The van der Waals surface area contributed by atoms with Crippen LogP contribution in [0.2, 0.25) is 5.02 Å². The Morgan fingerprint density at radius 1 is 1.10 bits per heavy atom. The molecule has 2 aromatic rings. The van der Waals surface area contributed by atoms with Gasteiger partial charge in [-0.05, 0) is 36.4 Å². The molecule has 31 heavy (non-hydrogen) atoms. The van der Waals surface area contributed by atoms with E-state index >= 15 is 0 Å². The van der Waals surface area contributed by atoms with Crippen LogP contribution in [0, 0.1) is 0 Å². The molecule has 166 valence electrons. The zero-order valence-corrected chi connectivity index (χ0v) is 18.5. The summed E-state index contributed by atoms with van der Waals surface area (Å²) in [5.74, 6) is -0.538. The third-order valence-corrected chi connectivity index (χ3v) is 6.78. The van der Waals surface area contributed by atoms with Crippen LogP contribution >= 0.6 is 11.6 Å². The average molecular weight is 468 g/mol. The number of nitrogens with one attached hydrogen (secondary N) is 2. The number of benzene rings is 2. The van der Waals surface area contributed by atoms with Gasteiger partial charge in [0.1, 0.15) is 5.75 Å². The third-order valence-electron chi connectivity index (χ3n) is 4.56. The lowest BCUT2D eigenvalue weighted by Crippen LogP contribution is -2.40. The molecule has 0 bridgehead atoms. The number of methoxy groups -OCH3 is 1. The Morgan fingerprint density at radius 2 is 1.81 bits per heavy atom. The molecular weight excluding hydrogens is 446 g/mol. The van der Waals surface area contributed by atoms with Crippen LogP contribution in [0.4, 0.5) is 11.4 Å². The van der Waals surface area contributed by atoms with E-state index in [4.69, 9.17) is 21.1 Å². The van der Waals surface area contributed by atoms with Crippen LogP contribution in [-0.4, -0.2) is 58.0 Å². The molecule has 0 atom stereocenters. The molecule has 2 N–H and O–H groups in total. The standard InChI is InChI=1S/C20H22ClN3O6S/c1-13(25)22-14-3-6-19(29-2)18(11-14)23-20(26)16-12-15(4-5-17(16)21)31(27,28)24-7-9-30-10-8-24/h3-6,11-12H,7-10H2,1-2H3,(H,22,25)(H,23,26). The Bertz CT molecular complexity index is 1100. The molecule has 2 aromatic carbocycles. The zero-order chi connectivity index (χ0) is 22.6. The van der Waals surface area contributed by atoms with Gasteiger partial charge in [0.15, 0.2) is 0 Å². The normalized spacial score (nSPS) is 14.7. The molecule has 1 aliphatic heterocycles. The minimum Gasteiger partial charge on any atom is -0.495 e. The summed E-state index contributed by atoms with van der Waals surface area (Å²) < 4.78 is 37.6. The molecule has 2 amide bonds. The third kappa shape index (κ3) is 5.34. The molecule has 0 spiro atoms. The van der Waals surface area contributed by atoms with E-state index in [0.29, 0.717) is 24.7 Å². The summed E-state index contributed by atoms with van der Waals surface area (Å²) in [5.41, 5.74) is 0.734. The van der Waals surface area contributed by atoms with E-state index in [-0.39, 0.29) is 40.2 Å². The first-order chi connectivity index (χ1) is 14.7. The highest BCUT2D eigenvalue weighted by atomic mass is 35.5. The Balaban J connectivity index is 1.90. The molecule has 3 rings (SSSR count). The Kier molecular flexibility index (Phi) is 7.16. The van der Waals surface area contributed by atoms with E-state index < -0.39 is 15.9 Å². The van der Waals surface area contributed by atoms with Crippen molar-refractivity contribution in [1.82, 2.24) is 4.31 Å². The maximum atomic E-state index is 12.9. The van der Waals surface area contributed by atoms with Gasteiger partial charge in [0.2, 0.25) is 15.9 Å². The number of sulfonamides is 1. The van der Waals surface area contributed by atoms with Gasteiger partial charge in [-0.25, -0.2) is 8.42 Å². The fourth-order valence-corrected chi connectivity index (χ4v) is 4.69. The van der Waals surface area contributed by atoms with E-state index in [1.807, 2.05) is 0 Å². The van der Waals surface area contributed by atoms with E-state index in [2.05, 4.69) is 10.6 Å². The molecule has 0 saturated carbocycles. The molecule has 0 unspecified atom stereocenters. The van der Waals surface area contributed by atoms with E-state index in [1.165, 1.54) is 42.6 Å². The van der Waals surface area contributed by atoms with Gasteiger partial charge in [-0.3, -0.25) is 9.59 Å². The number of carbonyl (C=O) groups excluding carboxylic acids is 2. The Labute approximate surface area is 185 Å². The molecular formula is C20H22ClN3O6S. The molecule has 1 saturated heterocycles. The highest BCUT2D eigenvalue weighted by molar-refractivity contribution is 7.89. The van der Waals surface area contributed by atoms with Gasteiger partial charge < -0.3 is 20.1 Å². The lowest BCUT2D eigenvalue weighted by Gasteiger charge is -2.26. The first kappa shape index (κ1) is 23.0. The topological polar surface area (TPSA) is 114 Å². The summed E-state index contributed by atoms with van der Waals surface area (Å²) in [6.45, 7) is 2.46. The SMILES string of the molecule is COc1ccc(NC(C)=O)cc1NC(=O)c1cc(S(=O)(=O)N2CCOCC2)ccc1Cl. The quantitative estimate of drug-likeness (QED) is 0.675. The molecule has 0 aromatic heterocycles. The Hall–Kier alpha value is -2.66. The van der Waals surface area contributed by atoms with E-state index in [9.17, 15) is 18.0 Å². The summed E-state index contributed by atoms with van der Waals surface area (Å²) in [7, 11) is -2.36. The van der Waals surface area contributed by atoms with Crippen LogP contribution in [0.3, 0.4) is 0 Å². The first-order valence-electron chi connectivity index (χ1n) is 9.37. The van der Waals surface area contributed by atoms with Crippen LogP contribution in [0.1, 0.15) is 17.3 Å². The fourth-order valence-electron chi connectivity index (χ4n) is 3.05. The predicted molar refractivity (Wildman–Crippen MR) is 116 cm³/mol. The predicted octanol–water partition coefficient (Wildman–Crippen LogP) is 2.58.